The monoisotopic (exact) mass is 648 g/mol. The van der Waals surface area contributed by atoms with Crippen LogP contribution in [0.1, 0.15) is 63.8 Å². The molecule has 1 aromatic carbocycles. The van der Waals surface area contributed by atoms with E-state index >= 15 is 0 Å². The number of piperazine rings is 1. The molecule has 5 rings (SSSR count). The van der Waals surface area contributed by atoms with E-state index in [1.807, 2.05) is 9.80 Å². The molecule has 13 heteroatoms. The molecule has 13 nitrogen and oxygen atoms in total. The fourth-order valence-electron chi connectivity index (χ4n) is 7.49. The van der Waals surface area contributed by atoms with Crippen molar-refractivity contribution in [2.45, 2.75) is 84.6 Å². The number of fused-ring (bicyclic) bond motifs is 6. The van der Waals surface area contributed by atoms with Crippen LogP contribution in [0.3, 0.4) is 0 Å². The Balaban J connectivity index is 1.80. The van der Waals surface area contributed by atoms with Gasteiger partial charge in [-0.1, -0.05) is 0 Å². The first-order valence-electron chi connectivity index (χ1n) is 15.4. The number of ether oxygens (including phenoxy) is 3. The standard InChI is InChI=1S/C34H40N4O9/c1-14-26(40)18-10-19-21(12-35)38-20(25(37(19)7)24(18)28(42)29(14)45-8)11-17-23(22(38)13-36-32(43)16(3)39)31(47-33(44)34(4,5)6)30(46-9)15(2)27(17)41/h19-22,25,41H,10-11,13H2,1-9H3,(H,36,43)/t19-,20-,21-,22-,25-/m0/s1. The van der Waals surface area contributed by atoms with E-state index in [0.29, 0.717) is 22.3 Å². The topological polar surface area (TPSA) is 176 Å². The number of aromatic hydroxyl groups is 1. The minimum Gasteiger partial charge on any atom is -0.507 e. The number of carbonyl (C=O) groups is 5. The zero-order valence-corrected chi connectivity index (χ0v) is 28.1. The second kappa shape index (κ2) is 11.9. The number of ketones is 3. The normalized spacial score (nSPS) is 25.7. The SMILES string of the molecule is COC1=C(C)C(=O)C2=C(C1=O)[C@@H]1[C@@H]3Cc4c(O)c(C)c(OC)c(OC(=O)C(C)(C)C)c4[C@H](CNC(=O)C(C)=O)N3[C@@H](C#N)[C@H](C2)N1C. The van der Waals surface area contributed by atoms with Crippen molar-refractivity contribution in [3.05, 3.63) is 39.2 Å². The van der Waals surface area contributed by atoms with E-state index in [2.05, 4.69) is 11.4 Å². The van der Waals surface area contributed by atoms with Crippen molar-refractivity contribution in [1.29, 1.82) is 5.26 Å². The fourth-order valence-corrected chi connectivity index (χ4v) is 7.49. The number of Topliss-reactive ketones (excluding diaryl/α,β-unsaturated/α-hetero) is 3. The van der Waals surface area contributed by atoms with Gasteiger partial charge >= 0.3 is 5.97 Å². The molecule has 3 aliphatic heterocycles. The second-order valence-electron chi connectivity index (χ2n) is 13.5. The van der Waals surface area contributed by atoms with Crippen molar-refractivity contribution in [3.63, 3.8) is 0 Å². The first kappa shape index (κ1) is 33.8. The summed E-state index contributed by atoms with van der Waals surface area (Å²) in [6, 6.07) is -1.38. The molecule has 4 aliphatic rings. The summed E-state index contributed by atoms with van der Waals surface area (Å²) in [6.07, 6.45) is 0.183. The molecular formula is C34H40N4O9. The van der Waals surface area contributed by atoms with Crippen LogP contribution < -0.4 is 14.8 Å². The largest absolute Gasteiger partial charge is 0.507 e. The van der Waals surface area contributed by atoms with Crippen LogP contribution in [0.25, 0.3) is 0 Å². The lowest BCUT2D eigenvalue weighted by Gasteiger charge is -2.60. The van der Waals surface area contributed by atoms with Gasteiger partial charge in [-0.3, -0.25) is 33.8 Å². The van der Waals surface area contributed by atoms with Crippen LogP contribution in [0.5, 0.6) is 17.2 Å². The Hall–Kier alpha value is -4.54. The summed E-state index contributed by atoms with van der Waals surface area (Å²) in [6.45, 7) is 9.14. The maximum Gasteiger partial charge on any atom is 0.316 e. The predicted octanol–water partition coefficient (Wildman–Crippen LogP) is 1.98. The third kappa shape index (κ3) is 5.10. The van der Waals surface area contributed by atoms with Crippen molar-refractivity contribution < 1.29 is 43.3 Å². The van der Waals surface area contributed by atoms with Crippen LogP contribution >= 0.6 is 0 Å². The highest BCUT2D eigenvalue weighted by atomic mass is 16.6. The first-order valence-corrected chi connectivity index (χ1v) is 15.4. The highest BCUT2D eigenvalue weighted by Crippen LogP contribution is 2.55. The average Bonchev–Trinajstić information content (AvgIpc) is 3.01. The molecule has 250 valence electrons. The van der Waals surface area contributed by atoms with Gasteiger partial charge in [0.25, 0.3) is 5.91 Å². The predicted molar refractivity (Wildman–Crippen MR) is 166 cm³/mol. The van der Waals surface area contributed by atoms with Gasteiger partial charge in [-0.05, 0) is 54.5 Å². The molecule has 47 heavy (non-hydrogen) atoms. The van der Waals surface area contributed by atoms with E-state index in [1.54, 1.807) is 41.7 Å². The Labute approximate surface area is 273 Å². The Bertz CT molecular complexity index is 1730. The molecule has 0 radical (unpaired) electrons. The van der Waals surface area contributed by atoms with Gasteiger partial charge in [-0.15, -0.1) is 0 Å². The molecule has 1 aromatic rings. The van der Waals surface area contributed by atoms with Gasteiger partial charge in [0.05, 0.1) is 37.8 Å². The van der Waals surface area contributed by atoms with Crippen LogP contribution in [0.2, 0.25) is 0 Å². The number of hydrogen-bond acceptors (Lipinski definition) is 12. The van der Waals surface area contributed by atoms with E-state index < -0.39 is 59.1 Å². The van der Waals surface area contributed by atoms with Crippen molar-refractivity contribution in [2.24, 2.45) is 5.41 Å². The molecule has 1 aliphatic carbocycles. The number of esters is 1. The zero-order valence-electron chi connectivity index (χ0n) is 28.1. The lowest BCUT2D eigenvalue weighted by atomic mass is 9.68. The lowest BCUT2D eigenvalue weighted by Crippen LogP contribution is -2.72. The van der Waals surface area contributed by atoms with E-state index in [-0.39, 0.29) is 59.3 Å². The summed E-state index contributed by atoms with van der Waals surface area (Å²) in [5.41, 5.74) is 0.862. The number of rotatable bonds is 6. The number of allylic oxidation sites excluding steroid dienone is 2. The molecule has 5 atom stereocenters. The summed E-state index contributed by atoms with van der Waals surface area (Å²) in [4.78, 5) is 69.4. The number of phenolic OH excluding ortho intramolecular Hbond substituents is 1. The highest BCUT2D eigenvalue weighted by molar-refractivity contribution is 6.35. The van der Waals surface area contributed by atoms with Crippen molar-refractivity contribution >= 4 is 29.2 Å². The molecule has 3 heterocycles. The fraction of sp³-hybridized carbons (Fsp3) is 0.529. The van der Waals surface area contributed by atoms with Crippen LogP contribution in [0, 0.1) is 23.7 Å². The molecule has 2 bridgehead atoms. The summed E-state index contributed by atoms with van der Waals surface area (Å²) in [5, 5.41) is 25.1. The number of amides is 1. The maximum absolute atomic E-state index is 14.0. The molecule has 1 amide bonds. The van der Waals surface area contributed by atoms with E-state index in [9.17, 15) is 34.3 Å². The molecular weight excluding hydrogens is 608 g/mol. The minimum absolute atomic E-state index is 0.0306. The van der Waals surface area contributed by atoms with Crippen LogP contribution in [-0.2, 0) is 35.1 Å². The molecule has 0 unspecified atom stereocenters. The zero-order chi connectivity index (χ0) is 34.9. The van der Waals surface area contributed by atoms with Gasteiger partial charge < -0.3 is 24.6 Å². The number of nitrogens with zero attached hydrogens (tertiary/aromatic N) is 3. The van der Waals surface area contributed by atoms with Gasteiger partial charge in [0.2, 0.25) is 11.6 Å². The van der Waals surface area contributed by atoms with Gasteiger partial charge in [0.1, 0.15) is 11.8 Å². The Morgan fingerprint density at radius 2 is 1.70 bits per heavy atom. The summed E-state index contributed by atoms with van der Waals surface area (Å²) in [5.74, 6) is -2.97. The lowest BCUT2D eigenvalue weighted by molar-refractivity contribution is -0.143. The molecule has 1 fully saturated rings. The number of likely N-dealkylation sites (N-methyl/N-ethyl adjacent to an activating group) is 1. The average molecular weight is 649 g/mol. The van der Waals surface area contributed by atoms with Gasteiger partial charge in [-0.2, -0.15) is 5.26 Å². The third-order valence-corrected chi connectivity index (χ3v) is 9.82. The number of methoxy groups -OCH3 is 2. The number of nitriles is 1. The maximum atomic E-state index is 14.0. The Kier molecular flexibility index (Phi) is 8.57. The quantitative estimate of drug-likeness (QED) is 0.199. The van der Waals surface area contributed by atoms with Crippen LogP contribution in [0.15, 0.2) is 22.5 Å². The molecule has 2 N–H and O–H groups in total. The molecule has 0 spiro atoms. The second-order valence-corrected chi connectivity index (χ2v) is 13.5. The number of phenols is 1. The van der Waals surface area contributed by atoms with Crippen molar-refractivity contribution in [2.75, 3.05) is 27.8 Å². The van der Waals surface area contributed by atoms with Gasteiger partial charge in [0.15, 0.2) is 23.0 Å². The summed E-state index contributed by atoms with van der Waals surface area (Å²) in [7, 11) is 4.51. The van der Waals surface area contributed by atoms with E-state index in [4.69, 9.17) is 14.2 Å². The first-order chi connectivity index (χ1) is 22.0. The summed E-state index contributed by atoms with van der Waals surface area (Å²) >= 11 is 0. The van der Waals surface area contributed by atoms with E-state index in [0.717, 1.165) is 6.92 Å². The van der Waals surface area contributed by atoms with Crippen molar-refractivity contribution in [1.82, 2.24) is 15.1 Å². The number of carbonyl (C=O) groups excluding carboxylic acids is 5. The summed E-state index contributed by atoms with van der Waals surface area (Å²) < 4.78 is 17.1. The number of hydrogen-bond donors (Lipinski definition) is 2. The van der Waals surface area contributed by atoms with Crippen LogP contribution in [0.4, 0.5) is 0 Å². The molecule has 0 aromatic heterocycles. The Morgan fingerprint density at radius 3 is 2.26 bits per heavy atom. The third-order valence-electron chi connectivity index (χ3n) is 9.82. The highest BCUT2D eigenvalue weighted by Gasteiger charge is 2.59. The van der Waals surface area contributed by atoms with Gasteiger partial charge in [0, 0.05) is 59.0 Å². The van der Waals surface area contributed by atoms with Crippen molar-refractivity contribution in [3.8, 4) is 23.3 Å². The number of benzene rings is 1. The van der Waals surface area contributed by atoms with E-state index in [1.165, 1.54) is 14.2 Å². The van der Waals surface area contributed by atoms with Gasteiger partial charge in [-0.25, -0.2) is 0 Å². The smallest absolute Gasteiger partial charge is 0.316 e. The minimum atomic E-state index is -0.936. The number of nitrogens with one attached hydrogen (secondary N) is 1. The van der Waals surface area contributed by atoms with Crippen LogP contribution in [-0.4, -0.2) is 96.1 Å². The molecule has 0 saturated carbocycles. The Morgan fingerprint density at radius 1 is 1.04 bits per heavy atom. The molecule has 1 saturated heterocycles.